The van der Waals surface area contributed by atoms with Crippen LogP contribution in [0.1, 0.15) is 68.0 Å². The largest absolute Gasteiger partial charge is 0.393 e. The summed E-state index contributed by atoms with van der Waals surface area (Å²) in [5.74, 6) is -1.69. The van der Waals surface area contributed by atoms with E-state index >= 15 is 0 Å². The molecule has 0 spiro atoms. The number of pyridine rings is 1. The lowest BCUT2D eigenvalue weighted by molar-refractivity contribution is 0.0185. The predicted molar refractivity (Wildman–Crippen MR) is 148 cm³/mol. The van der Waals surface area contributed by atoms with Crippen LogP contribution in [0, 0.1) is 11.8 Å². The van der Waals surface area contributed by atoms with Gasteiger partial charge in [0.1, 0.15) is 12.2 Å². The summed E-state index contributed by atoms with van der Waals surface area (Å²) in [6.07, 6.45) is 8.13. The highest BCUT2D eigenvalue weighted by molar-refractivity contribution is 5.58. The Balaban J connectivity index is 1.42. The Hall–Kier alpha value is -3.37. The summed E-state index contributed by atoms with van der Waals surface area (Å²) >= 11 is 0. The molecular weight excluding hydrogens is 514 g/mol. The molecule has 6 rings (SSSR count). The number of alkyl halides is 2. The SMILES string of the molecule is C[C@H]1CCCN(Cc2cc(C(C)(F)F)c3cn(-c4cccc([C@@H](c5nncn5C)C5CC(O)C5)c4)c(=O)n3c2)C1. The van der Waals surface area contributed by atoms with Gasteiger partial charge in [0.05, 0.1) is 17.3 Å². The summed E-state index contributed by atoms with van der Waals surface area (Å²) < 4.78 is 34.5. The molecule has 2 atom stereocenters. The third-order valence-electron chi connectivity index (χ3n) is 8.60. The molecule has 212 valence electrons. The van der Waals surface area contributed by atoms with Gasteiger partial charge in [0.2, 0.25) is 0 Å². The molecule has 0 unspecified atom stereocenters. The number of aliphatic hydroxyl groups is 1. The second-order valence-corrected chi connectivity index (χ2v) is 11.9. The first-order valence-electron chi connectivity index (χ1n) is 14.1. The Bertz CT molecular complexity index is 1580. The zero-order chi connectivity index (χ0) is 28.2. The van der Waals surface area contributed by atoms with E-state index in [-0.39, 0.29) is 34.7 Å². The average Bonchev–Trinajstić information content (AvgIpc) is 3.45. The van der Waals surface area contributed by atoms with Crippen molar-refractivity contribution in [2.75, 3.05) is 13.1 Å². The Morgan fingerprint density at radius 1 is 1.20 bits per heavy atom. The molecule has 8 nitrogen and oxygen atoms in total. The number of halogens is 2. The van der Waals surface area contributed by atoms with Crippen molar-refractivity contribution in [2.24, 2.45) is 18.9 Å². The number of piperidine rings is 1. The molecule has 1 aliphatic heterocycles. The lowest BCUT2D eigenvalue weighted by Crippen LogP contribution is -2.34. The highest BCUT2D eigenvalue weighted by Crippen LogP contribution is 2.43. The van der Waals surface area contributed by atoms with Crippen LogP contribution in [-0.2, 0) is 19.5 Å². The van der Waals surface area contributed by atoms with Gasteiger partial charge in [-0.25, -0.2) is 13.6 Å². The van der Waals surface area contributed by atoms with Crippen LogP contribution in [0.4, 0.5) is 8.78 Å². The monoisotopic (exact) mass is 550 g/mol. The van der Waals surface area contributed by atoms with E-state index in [0.29, 0.717) is 36.6 Å². The number of likely N-dealkylation sites (tertiary alicyclic amines) is 1. The standard InChI is InChI=1S/C30H36F2N6O2/c1-19-6-5-9-36(14-19)15-20-10-25(30(2,31)32)26-17-37(29(40)38(26)16-20)23-8-4-7-21(11-23)27(22-12-24(39)13-22)28-34-33-18-35(28)3/h4,7-8,10-11,16-19,22,24,27,39H,5-6,9,12-15H2,1-3H3/t19-,22?,24?,27+/m0/s1. The zero-order valence-electron chi connectivity index (χ0n) is 23.2. The van der Waals surface area contributed by atoms with Gasteiger partial charge in [0, 0.05) is 50.9 Å². The van der Waals surface area contributed by atoms with Gasteiger partial charge < -0.3 is 9.67 Å². The van der Waals surface area contributed by atoms with E-state index < -0.39 is 5.92 Å². The van der Waals surface area contributed by atoms with Crippen molar-refractivity contribution in [1.29, 1.82) is 0 Å². The summed E-state index contributed by atoms with van der Waals surface area (Å²) in [7, 11) is 1.89. The van der Waals surface area contributed by atoms with Crippen molar-refractivity contribution in [3.05, 3.63) is 82.1 Å². The molecular formula is C30H36F2N6O2. The molecule has 4 heterocycles. The van der Waals surface area contributed by atoms with Crippen LogP contribution in [0.5, 0.6) is 0 Å². The van der Waals surface area contributed by atoms with E-state index in [4.69, 9.17) is 0 Å². The fourth-order valence-electron chi connectivity index (χ4n) is 6.53. The molecule has 1 N–H and O–H groups in total. The van der Waals surface area contributed by atoms with E-state index in [1.165, 1.54) is 21.6 Å². The molecule has 40 heavy (non-hydrogen) atoms. The topological polar surface area (TPSA) is 80.6 Å². The van der Waals surface area contributed by atoms with Crippen LogP contribution in [0.3, 0.4) is 0 Å². The van der Waals surface area contributed by atoms with Crippen LogP contribution in [0.2, 0.25) is 0 Å². The van der Waals surface area contributed by atoms with Gasteiger partial charge >= 0.3 is 5.69 Å². The predicted octanol–water partition coefficient (Wildman–Crippen LogP) is 4.47. The van der Waals surface area contributed by atoms with Crippen molar-refractivity contribution in [3.8, 4) is 5.69 Å². The van der Waals surface area contributed by atoms with Gasteiger partial charge in [-0.2, -0.15) is 0 Å². The Morgan fingerprint density at radius 2 is 2.00 bits per heavy atom. The lowest BCUT2D eigenvalue weighted by Gasteiger charge is -2.37. The molecule has 1 saturated heterocycles. The van der Waals surface area contributed by atoms with Crippen molar-refractivity contribution in [3.63, 3.8) is 0 Å². The number of hydrogen-bond acceptors (Lipinski definition) is 5. The minimum absolute atomic E-state index is 0.113. The van der Waals surface area contributed by atoms with Crippen LogP contribution < -0.4 is 5.69 Å². The Kier molecular flexibility index (Phi) is 6.86. The lowest BCUT2D eigenvalue weighted by atomic mass is 9.71. The van der Waals surface area contributed by atoms with Crippen LogP contribution in [0.25, 0.3) is 11.2 Å². The summed E-state index contributed by atoms with van der Waals surface area (Å²) in [5, 5.41) is 18.4. The van der Waals surface area contributed by atoms with Gasteiger partial charge in [-0.05, 0) is 73.4 Å². The Morgan fingerprint density at radius 3 is 2.67 bits per heavy atom. The van der Waals surface area contributed by atoms with Crippen LogP contribution in [0.15, 0.2) is 53.8 Å². The van der Waals surface area contributed by atoms with Gasteiger partial charge in [-0.3, -0.25) is 13.9 Å². The number of imidazole rings is 1. The van der Waals surface area contributed by atoms with E-state index in [1.54, 1.807) is 18.6 Å². The summed E-state index contributed by atoms with van der Waals surface area (Å²) in [6.45, 7) is 5.47. The van der Waals surface area contributed by atoms with E-state index in [9.17, 15) is 18.7 Å². The van der Waals surface area contributed by atoms with E-state index in [0.717, 1.165) is 37.8 Å². The Labute approximate surface area is 231 Å². The van der Waals surface area contributed by atoms with E-state index in [1.807, 2.05) is 35.9 Å². The zero-order valence-corrected chi connectivity index (χ0v) is 23.2. The molecule has 3 aromatic heterocycles. The number of benzene rings is 1. The maximum atomic E-state index is 14.9. The molecule has 1 saturated carbocycles. The molecule has 1 aliphatic carbocycles. The second-order valence-electron chi connectivity index (χ2n) is 11.9. The first-order chi connectivity index (χ1) is 19.1. The molecule has 10 heteroatoms. The quantitative estimate of drug-likeness (QED) is 0.368. The number of rotatable bonds is 7. The van der Waals surface area contributed by atoms with Gasteiger partial charge in [-0.1, -0.05) is 19.1 Å². The molecule has 0 amide bonds. The minimum atomic E-state index is -3.11. The molecule has 0 bridgehead atoms. The summed E-state index contributed by atoms with van der Waals surface area (Å²) in [6, 6.07) is 9.15. The number of fused-ring (bicyclic) bond motifs is 1. The van der Waals surface area contributed by atoms with E-state index in [2.05, 4.69) is 22.0 Å². The van der Waals surface area contributed by atoms with Gasteiger partial charge in [-0.15, -0.1) is 10.2 Å². The maximum Gasteiger partial charge on any atom is 0.337 e. The highest BCUT2D eigenvalue weighted by atomic mass is 19.3. The van der Waals surface area contributed by atoms with Crippen LogP contribution >= 0.6 is 0 Å². The minimum Gasteiger partial charge on any atom is -0.393 e. The number of hydrogen-bond donors (Lipinski definition) is 1. The number of aromatic nitrogens is 5. The van der Waals surface area contributed by atoms with Crippen molar-refractivity contribution in [1.82, 2.24) is 28.6 Å². The smallest absolute Gasteiger partial charge is 0.337 e. The first-order valence-corrected chi connectivity index (χ1v) is 14.1. The molecule has 2 aliphatic rings. The molecule has 2 fully saturated rings. The highest BCUT2D eigenvalue weighted by Gasteiger charge is 2.38. The third kappa shape index (κ3) is 4.99. The van der Waals surface area contributed by atoms with Crippen molar-refractivity contribution < 1.29 is 13.9 Å². The third-order valence-corrected chi connectivity index (χ3v) is 8.60. The number of aliphatic hydroxyl groups excluding tert-OH is 1. The summed E-state index contributed by atoms with van der Waals surface area (Å²) in [4.78, 5) is 16.0. The van der Waals surface area contributed by atoms with Crippen LogP contribution in [-0.4, -0.2) is 52.9 Å². The molecule has 0 radical (unpaired) electrons. The first kappa shape index (κ1) is 26.8. The van der Waals surface area contributed by atoms with Crippen molar-refractivity contribution in [2.45, 2.75) is 64.0 Å². The average molecular weight is 551 g/mol. The number of nitrogens with zero attached hydrogens (tertiary/aromatic N) is 6. The fraction of sp³-hybridized carbons (Fsp3) is 0.500. The second kappa shape index (κ2) is 10.2. The molecule has 1 aromatic carbocycles. The normalized spacial score (nSPS) is 22.9. The van der Waals surface area contributed by atoms with Gasteiger partial charge in [0.15, 0.2) is 0 Å². The molecule has 4 aromatic rings. The van der Waals surface area contributed by atoms with Crippen molar-refractivity contribution >= 4 is 5.52 Å². The number of aryl methyl sites for hydroxylation is 1. The fourth-order valence-corrected chi connectivity index (χ4v) is 6.53. The maximum absolute atomic E-state index is 14.9. The van der Waals surface area contributed by atoms with Gasteiger partial charge in [0.25, 0.3) is 5.92 Å². The summed E-state index contributed by atoms with van der Waals surface area (Å²) in [5.41, 5.74) is 1.90.